The largest absolute Gasteiger partial charge is 0.490 e. The average Bonchev–Trinajstić information content (AvgIpc) is 2.63. The molecule has 7 heteroatoms. The smallest absolute Gasteiger partial charge is 0.232 e. The summed E-state index contributed by atoms with van der Waals surface area (Å²) in [6.45, 7) is 6.16. The van der Waals surface area contributed by atoms with Crippen molar-refractivity contribution in [3.63, 3.8) is 0 Å². The van der Waals surface area contributed by atoms with Gasteiger partial charge in [-0.25, -0.2) is 8.42 Å². The van der Waals surface area contributed by atoms with E-state index in [0.717, 1.165) is 5.56 Å². The second kappa shape index (κ2) is 9.94. The van der Waals surface area contributed by atoms with E-state index in [1.54, 1.807) is 36.4 Å². The highest BCUT2D eigenvalue weighted by Crippen LogP contribution is 2.20. The van der Waals surface area contributed by atoms with Crippen molar-refractivity contribution in [3.05, 3.63) is 66.7 Å². The maximum atomic E-state index is 12.2. The molecule has 2 aromatic carbocycles. The molecular formula is C21H26N2O4S. The third-order valence-electron chi connectivity index (χ3n) is 3.96. The van der Waals surface area contributed by atoms with Crippen molar-refractivity contribution in [2.45, 2.75) is 19.8 Å². The van der Waals surface area contributed by atoms with E-state index in [0.29, 0.717) is 30.2 Å². The summed E-state index contributed by atoms with van der Waals surface area (Å²) in [4.78, 5) is 12.2. The van der Waals surface area contributed by atoms with E-state index in [-0.39, 0.29) is 18.9 Å². The molecule has 150 valence electrons. The maximum Gasteiger partial charge on any atom is 0.232 e. The quantitative estimate of drug-likeness (QED) is 0.614. The third-order valence-corrected chi connectivity index (χ3v) is 5.15. The van der Waals surface area contributed by atoms with E-state index in [2.05, 4.69) is 11.9 Å². The number of carbonyl (C=O) groups excluding carboxylic acids is 1. The van der Waals surface area contributed by atoms with Crippen molar-refractivity contribution in [2.75, 3.05) is 29.0 Å². The average molecular weight is 403 g/mol. The molecule has 0 heterocycles. The Kier molecular flexibility index (Phi) is 7.63. The number of hydrogen-bond donors (Lipinski definition) is 1. The van der Waals surface area contributed by atoms with E-state index in [9.17, 15) is 13.2 Å². The van der Waals surface area contributed by atoms with Gasteiger partial charge < -0.3 is 10.1 Å². The summed E-state index contributed by atoms with van der Waals surface area (Å²) in [7, 11) is -3.42. The summed E-state index contributed by atoms with van der Waals surface area (Å²) in [5, 5.41) is 2.80. The summed E-state index contributed by atoms with van der Waals surface area (Å²) in [6.07, 6.45) is 3.46. The SMILES string of the molecule is C=CCOc1ccc(NC(=O)CCCN(c2cccc(C)c2)S(C)(=O)=O)cc1. The van der Waals surface area contributed by atoms with Gasteiger partial charge in [0, 0.05) is 18.7 Å². The number of anilines is 2. The minimum absolute atomic E-state index is 0.169. The Morgan fingerprint density at radius 1 is 1.21 bits per heavy atom. The summed E-state index contributed by atoms with van der Waals surface area (Å²) in [5.41, 5.74) is 2.25. The highest BCUT2D eigenvalue weighted by atomic mass is 32.2. The van der Waals surface area contributed by atoms with Crippen molar-refractivity contribution in [2.24, 2.45) is 0 Å². The third kappa shape index (κ3) is 6.74. The first kappa shape index (κ1) is 21.5. The lowest BCUT2D eigenvalue weighted by molar-refractivity contribution is -0.116. The van der Waals surface area contributed by atoms with E-state index in [4.69, 9.17) is 4.74 Å². The standard InChI is InChI=1S/C21H26N2O4S/c1-4-15-27-20-12-10-18(11-13-20)22-21(24)9-6-14-23(28(3,25)26)19-8-5-7-17(2)16-19/h4-5,7-8,10-13,16H,1,6,9,14-15H2,2-3H3,(H,22,24). The monoisotopic (exact) mass is 402 g/mol. The van der Waals surface area contributed by atoms with Crippen LogP contribution < -0.4 is 14.4 Å². The van der Waals surface area contributed by atoms with Crippen molar-refractivity contribution in [1.82, 2.24) is 0 Å². The first-order valence-electron chi connectivity index (χ1n) is 8.97. The fraction of sp³-hybridized carbons (Fsp3) is 0.286. The second-order valence-corrected chi connectivity index (χ2v) is 8.36. The van der Waals surface area contributed by atoms with Gasteiger partial charge in [0.1, 0.15) is 12.4 Å². The van der Waals surface area contributed by atoms with Crippen LogP contribution in [-0.4, -0.2) is 33.7 Å². The number of amides is 1. The molecule has 0 aromatic heterocycles. The number of sulfonamides is 1. The molecule has 0 aliphatic heterocycles. The second-order valence-electron chi connectivity index (χ2n) is 6.45. The van der Waals surface area contributed by atoms with E-state index >= 15 is 0 Å². The van der Waals surface area contributed by atoms with Crippen molar-refractivity contribution < 1.29 is 17.9 Å². The van der Waals surface area contributed by atoms with Gasteiger partial charge in [0.25, 0.3) is 0 Å². The molecular weight excluding hydrogens is 376 g/mol. The lowest BCUT2D eigenvalue weighted by atomic mass is 10.2. The number of ether oxygens (including phenoxy) is 1. The zero-order valence-corrected chi connectivity index (χ0v) is 17.0. The molecule has 28 heavy (non-hydrogen) atoms. The Labute approximate surface area is 166 Å². The molecule has 0 unspecified atom stereocenters. The predicted octanol–water partition coefficient (Wildman–Crippen LogP) is 3.74. The van der Waals surface area contributed by atoms with Gasteiger partial charge in [-0.15, -0.1) is 0 Å². The number of hydrogen-bond acceptors (Lipinski definition) is 4. The van der Waals surface area contributed by atoms with Crippen LogP contribution in [0.3, 0.4) is 0 Å². The number of nitrogens with one attached hydrogen (secondary N) is 1. The molecule has 6 nitrogen and oxygen atoms in total. The number of rotatable bonds is 10. The number of carbonyl (C=O) groups is 1. The topological polar surface area (TPSA) is 75.7 Å². The van der Waals surface area contributed by atoms with Gasteiger partial charge in [0.05, 0.1) is 11.9 Å². The van der Waals surface area contributed by atoms with Crippen LogP contribution in [0.5, 0.6) is 5.75 Å². The van der Waals surface area contributed by atoms with E-state index < -0.39 is 10.0 Å². The summed E-state index contributed by atoms with van der Waals surface area (Å²) in [5.74, 6) is 0.525. The molecule has 0 spiro atoms. The summed E-state index contributed by atoms with van der Waals surface area (Å²) in [6, 6.07) is 14.3. The van der Waals surface area contributed by atoms with Crippen molar-refractivity contribution >= 4 is 27.3 Å². The Morgan fingerprint density at radius 3 is 2.54 bits per heavy atom. The van der Waals surface area contributed by atoms with Crippen LogP contribution in [0.4, 0.5) is 11.4 Å². The molecule has 0 aliphatic rings. The number of benzene rings is 2. The van der Waals surface area contributed by atoms with E-state index in [1.807, 2.05) is 25.1 Å². The molecule has 2 rings (SSSR count). The van der Waals surface area contributed by atoms with Crippen LogP contribution in [0, 0.1) is 6.92 Å². The Balaban J connectivity index is 1.89. The van der Waals surface area contributed by atoms with Crippen LogP contribution >= 0.6 is 0 Å². The van der Waals surface area contributed by atoms with Crippen LogP contribution in [-0.2, 0) is 14.8 Å². The molecule has 0 fully saturated rings. The fourth-order valence-electron chi connectivity index (χ4n) is 2.67. The minimum Gasteiger partial charge on any atom is -0.490 e. The van der Waals surface area contributed by atoms with Crippen molar-refractivity contribution in [1.29, 1.82) is 0 Å². The fourth-order valence-corrected chi connectivity index (χ4v) is 3.62. The molecule has 0 bridgehead atoms. The first-order valence-corrected chi connectivity index (χ1v) is 10.8. The van der Waals surface area contributed by atoms with Crippen LogP contribution in [0.25, 0.3) is 0 Å². The maximum absolute atomic E-state index is 12.2. The highest BCUT2D eigenvalue weighted by molar-refractivity contribution is 7.92. The molecule has 1 N–H and O–H groups in total. The lowest BCUT2D eigenvalue weighted by Gasteiger charge is -2.22. The molecule has 0 radical (unpaired) electrons. The zero-order valence-electron chi connectivity index (χ0n) is 16.2. The Hall–Kier alpha value is -2.80. The van der Waals surface area contributed by atoms with Gasteiger partial charge in [-0.05, 0) is 55.3 Å². The molecule has 1 amide bonds. The normalized spacial score (nSPS) is 10.9. The number of nitrogens with zero attached hydrogens (tertiary/aromatic N) is 1. The molecule has 0 saturated heterocycles. The molecule has 0 aliphatic carbocycles. The van der Waals surface area contributed by atoms with Crippen LogP contribution in [0.2, 0.25) is 0 Å². The van der Waals surface area contributed by atoms with Gasteiger partial charge in [0.2, 0.25) is 15.9 Å². The minimum atomic E-state index is -3.42. The summed E-state index contributed by atoms with van der Waals surface area (Å²) >= 11 is 0. The number of aryl methyl sites for hydroxylation is 1. The highest BCUT2D eigenvalue weighted by Gasteiger charge is 2.17. The van der Waals surface area contributed by atoms with Gasteiger partial charge >= 0.3 is 0 Å². The Morgan fingerprint density at radius 2 is 1.93 bits per heavy atom. The van der Waals surface area contributed by atoms with Gasteiger partial charge in [-0.3, -0.25) is 9.10 Å². The first-order chi connectivity index (χ1) is 13.3. The molecule has 0 atom stereocenters. The van der Waals surface area contributed by atoms with Gasteiger partial charge in [-0.2, -0.15) is 0 Å². The molecule has 0 saturated carbocycles. The van der Waals surface area contributed by atoms with Crippen LogP contribution in [0.1, 0.15) is 18.4 Å². The molecule has 2 aromatic rings. The Bertz CT molecular complexity index is 908. The van der Waals surface area contributed by atoms with Gasteiger partial charge in [-0.1, -0.05) is 24.8 Å². The summed E-state index contributed by atoms with van der Waals surface area (Å²) < 4.78 is 31.0. The zero-order chi connectivity index (χ0) is 20.6. The predicted molar refractivity (Wildman–Crippen MR) is 113 cm³/mol. The van der Waals surface area contributed by atoms with Gasteiger partial charge in [0.15, 0.2) is 0 Å². The lowest BCUT2D eigenvalue weighted by Crippen LogP contribution is -2.31. The van der Waals surface area contributed by atoms with E-state index in [1.165, 1.54) is 10.6 Å². The van der Waals surface area contributed by atoms with Crippen LogP contribution in [0.15, 0.2) is 61.2 Å². The van der Waals surface area contributed by atoms with Crippen molar-refractivity contribution in [3.8, 4) is 5.75 Å².